The van der Waals surface area contributed by atoms with Gasteiger partial charge in [0, 0.05) is 37.8 Å². The van der Waals surface area contributed by atoms with E-state index in [-0.39, 0.29) is 0 Å². The number of hydrogen-bond donors (Lipinski definition) is 1. The van der Waals surface area contributed by atoms with Gasteiger partial charge in [-0.25, -0.2) is 0 Å². The van der Waals surface area contributed by atoms with Crippen molar-refractivity contribution in [3.05, 3.63) is 0 Å². The van der Waals surface area contributed by atoms with Crippen molar-refractivity contribution in [3.8, 4) is 0 Å². The zero-order valence-corrected chi connectivity index (χ0v) is 11.0. The van der Waals surface area contributed by atoms with Gasteiger partial charge in [-0.05, 0) is 39.2 Å². The van der Waals surface area contributed by atoms with Crippen molar-refractivity contribution in [2.45, 2.75) is 51.2 Å². The highest BCUT2D eigenvalue weighted by atomic mass is 15.3. The lowest BCUT2D eigenvalue weighted by atomic mass is 9.82. The molecule has 1 heterocycles. The Labute approximate surface area is 100.0 Å². The summed E-state index contributed by atoms with van der Waals surface area (Å²) in [6, 6.07) is 1.73. The quantitative estimate of drug-likeness (QED) is 0.726. The van der Waals surface area contributed by atoms with Crippen molar-refractivity contribution in [1.29, 1.82) is 0 Å². The molecule has 4 unspecified atom stereocenters. The summed E-state index contributed by atoms with van der Waals surface area (Å²) >= 11 is 0. The van der Waals surface area contributed by atoms with Crippen LogP contribution in [0.15, 0.2) is 0 Å². The van der Waals surface area contributed by atoms with Crippen molar-refractivity contribution >= 4 is 0 Å². The van der Waals surface area contributed by atoms with Gasteiger partial charge in [0.15, 0.2) is 0 Å². The molecule has 2 fully saturated rings. The van der Waals surface area contributed by atoms with Crippen molar-refractivity contribution < 1.29 is 0 Å². The highest BCUT2D eigenvalue weighted by molar-refractivity contribution is 4.91. The van der Waals surface area contributed by atoms with Crippen molar-refractivity contribution in [2.24, 2.45) is 11.7 Å². The average molecular weight is 225 g/mol. The summed E-state index contributed by atoms with van der Waals surface area (Å²) in [5.74, 6) is 0.861. The molecule has 0 spiro atoms. The van der Waals surface area contributed by atoms with Crippen LogP contribution in [0, 0.1) is 5.92 Å². The molecule has 1 aliphatic carbocycles. The first-order valence-electron chi connectivity index (χ1n) is 6.77. The van der Waals surface area contributed by atoms with E-state index in [9.17, 15) is 0 Å². The second kappa shape index (κ2) is 5.03. The molecule has 1 saturated carbocycles. The Hall–Kier alpha value is -0.120. The van der Waals surface area contributed by atoms with E-state index < -0.39 is 0 Å². The van der Waals surface area contributed by atoms with Crippen molar-refractivity contribution in [2.75, 3.05) is 26.7 Å². The zero-order chi connectivity index (χ0) is 11.7. The van der Waals surface area contributed by atoms with Gasteiger partial charge in [0.05, 0.1) is 0 Å². The molecule has 1 aliphatic heterocycles. The van der Waals surface area contributed by atoms with E-state index in [2.05, 4.69) is 30.7 Å². The molecule has 16 heavy (non-hydrogen) atoms. The zero-order valence-electron chi connectivity index (χ0n) is 11.0. The molecular weight excluding hydrogens is 198 g/mol. The van der Waals surface area contributed by atoms with E-state index >= 15 is 0 Å². The molecule has 2 N–H and O–H groups in total. The molecule has 0 amide bonds. The molecule has 0 aromatic carbocycles. The first-order valence-corrected chi connectivity index (χ1v) is 6.77. The highest BCUT2D eigenvalue weighted by Gasteiger charge is 2.33. The molecule has 2 aliphatic rings. The lowest BCUT2D eigenvalue weighted by Crippen LogP contribution is -2.59. The number of rotatable bonds is 1. The molecule has 0 radical (unpaired) electrons. The number of nitrogens with two attached hydrogens (primary N) is 1. The number of hydrogen-bond acceptors (Lipinski definition) is 3. The average Bonchev–Trinajstić information content (AvgIpc) is 2.26. The molecule has 0 aromatic heterocycles. The van der Waals surface area contributed by atoms with Gasteiger partial charge < -0.3 is 10.6 Å². The van der Waals surface area contributed by atoms with Gasteiger partial charge in [-0.2, -0.15) is 0 Å². The van der Waals surface area contributed by atoms with Crippen LogP contribution < -0.4 is 5.73 Å². The molecule has 2 rings (SSSR count). The summed E-state index contributed by atoms with van der Waals surface area (Å²) in [5, 5.41) is 0. The fourth-order valence-electron chi connectivity index (χ4n) is 3.17. The van der Waals surface area contributed by atoms with E-state index in [1.807, 2.05) is 0 Å². The minimum Gasteiger partial charge on any atom is -0.326 e. The third kappa shape index (κ3) is 2.58. The molecule has 3 heteroatoms. The van der Waals surface area contributed by atoms with Crippen LogP contribution in [0.25, 0.3) is 0 Å². The summed E-state index contributed by atoms with van der Waals surface area (Å²) < 4.78 is 0. The molecule has 1 saturated heterocycles. The predicted molar refractivity (Wildman–Crippen MR) is 68.4 cm³/mol. The fraction of sp³-hybridized carbons (Fsp3) is 1.00. The van der Waals surface area contributed by atoms with Gasteiger partial charge in [0.25, 0.3) is 0 Å². The third-order valence-electron chi connectivity index (χ3n) is 4.59. The maximum atomic E-state index is 6.30. The highest BCUT2D eigenvalue weighted by Crippen LogP contribution is 2.27. The number of piperazine rings is 1. The van der Waals surface area contributed by atoms with Crippen LogP contribution in [0.5, 0.6) is 0 Å². The van der Waals surface area contributed by atoms with Gasteiger partial charge in [-0.3, -0.25) is 4.90 Å². The van der Waals surface area contributed by atoms with E-state index in [1.165, 1.54) is 38.9 Å². The minimum absolute atomic E-state index is 0.409. The summed E-state index contributed by atoms with van der Waals surface area (Å²) in [6.45, 7) is 8.29. The van der Waals surface area contributed by atoms with Crippen LogP contribution in [0.2, 0.25) is 0 Å². The summed E-state index contributed by atoms with van der Waals surface area (Å²) in [5.41, 5.74) is 6.30. The number of likely N-dealkylation sites (N-methyl/N-ethyl adjacent to an activating group) is 1. The van der Waals surface area contributed by atoms with Gasteiger partial charge >= 0.3 is 0 Å². The topological polar surface area (TPSA) is 32.5 Å². The van der Waals surface area contributed by atoms with Crippen molar-refractivity contribution in [1.82, 2.24) is 9.80 Å². The van der Waals surface area contributed by atoms with Gasteiger partial charge in [0.1, 0.15) is 0 Å². The van der Waals surface area contributed by atoms with Crippen LogP contribution >= 0.6 is 0 Å². The van der Waals surface area contributed by atoms with Crippen molar-refractivity contribution in [3.63, 3.8) is 0 Å². The van der Waals surface area contributed by atoms with Crippen LogP contribution in [0.3, 0.4) is 0 Å². The predicted octanol–water partition coefficient (Wildman–Crippen LogP) is 1.14. The Morgan fingerprint density at radius 1 is 1.12 bits per heavy atom. The Morgan fingerprint density at radius 2 is 1.88 bits per heavy atom. The van der Waals surface area contributed by atoms with Crippen LogP contribution in [-0.2, 0) is 0 Å². The second-order valence-electron chi connectivity index (χ2n) is 5.97. The lowest BCUT2D eigenvalue weighted by Gasteiger charge is -2.46. The Kier molecular flexibility index (Phi) is 3.88. The van der Waals surface area contributed by atoms with Gasteiger partial charge in [-0.15, -0.1) is 0 Å². The molecule has 94 valence electrons. The Bertz CT molecular complexity index is 231. The fourth-order valence-corrected chi connectivity index (χ4v) is 3.17. The number of nitrogens with zero attached hydrogens (tertiary/aromatic N) is 2. The van der Waals surface area contributed by atoms with Crippen LogP contribution in [0.1, 0.15) is 33.1 Å². The molecular formula is C13H27N3. The van der Waals surface area contributed by atoms with E-state index in [0.29, 0.717) is 18.1 Å². The molecule has 0 bridgehead atoms. The Morgan fingerprint density at radius 3 is 2.56 bits per heavy atom. The molecule has 0 aromatic rings. The smallest absolute Gasteiger partial charge is 0.0250 e. The standard InChI is InChI=1S/C13H27N3/c1-10-4-5-12(14)13(8-10)16-7-6-15(3)11(2)9-16/h10-13H,4-9,14H2,1-3H3. The van der Waals surface area contributed by atoms with Crippen LogP contribution in [-0.4, -0.2) is 54.6 Å². The third-order valence-corrected chi connectivity index (χ3v) is 4.59. The summed E-state index contributed by atoms with van der Waals surface area (Å²) in [7, 11) is 2.23. The second-order valence-corrected chi connectivity index (χ2v) is 5.97. The van der Waals surface area contributed by atoms with Gasteiger partial charge in [0.2, 0.25) is 0 Å². The van der Waals surface area contributed by atoms with Crippen LogP contribution in [0.4, 0.5) is 0 Å². The first kappa shape index (κ1) is 12.3. The van der Waals surface area contributed by atoms with E-state index in [4.69, 9.17) is 5.73 Å². The summed E-state index contributed by atoms with van der Waals surface area (Å²) in [4.78, 5) is 5.10. The normalized spacial score (nSPS) is 43.5. The van der Waals surface area contributed by atoms with E-state index in [0.717, 1.165) is 5.92 Å². The first-order chi connectivity index (χ1) is 7.58. The lowest BCUT2D eigenvalue weighted by molar-refractivity contribution is 0.0405. The molecule has 4 atom stereocenters. The molecule has 3 nitrogen and oxygen atoms in total. The minimum atomic E-state index is 0.409. The summed E-state index contributed by atoms with van der Waals surface area (Å²) in [6.07, 6.45) is 3.84. The van der Waals surface area contributed by atoms with E-state index in [1.54, 1.807) is 0 Å². The maximum Gasteiger partial charge on any atom is 0.0250 e. The Balaban J connectivity index is 1.95. The van der Waals surface area contributed by atoms with Gasteiger partial charge in [-0.1, -0.05) is 6.92 Å². The SMILES string of the molecule is CC1CCC(N)C(N2CCN(C)C(C)C2)C1. The largest absolute Gasteiger partial charge is 0.326 e. The maximum absolute atomic E-state index is 6.30. The monoisotopic (exact) mass is 225 g/mol.